The Kier molecular flexibility index (Phi) is 2.45. The number of aliphatic hydroxyl groups excluding tert-OH is 1. The lowest BCUT2D eigenvalue weighted by molar-refractivity contribution is -0.115. The molecular weight excluding hydrogens is 130 g/mol. The van der Waals surface area contributed by atoms with E-state index >= 15 is 0 Å². The van der Waals surface area contributed by atoms with E-state index < -0.39 is 0 Å². The molecule has 2 N–H and O–H groups in total. The molecule has 0 saturated carbocycles. The molecule has 1 saturated heterocycles. The zero-order valence-corrected chi connectivity index (χ0v) is 5.76. The third-order valence-electron chi connectivity index (χ3n) is 1.59. The summed E-state index contributed by atoms with van der Waals surface area (Å²) in [4.78, 5) is 11.0. The van der Waals surface area contributed by atoms with Gasteiger partial charge >= 0.3 is 0 Å². The number of aliphatic hydroxyl groups is 1. The van der Waals surface area contributed by atoms with Crippen molar-refractivity contribution in [2.45, 2.75) is 12.8 Å². The molecule has 1 rings (SSSR count). The second-order valence-electron chi connectivity index (χ2n) is 2.36. The zero-order valence-electron chi connectivity index (χ0n) is 5.76. The molecule has 1 aliphatic rings. The van der Waals surface area contributed by atoms with Gasteiger partial charge in [0, 0.05) is 18.5 Å². The lowest BCUT2D eigenvalue weighted by atomic mass is 10.1. The lowest BCUT2D eigenvalue weighted by Crippen LogP contribution is -2.16. The summed E-state index contributed by atoms with van der Waals surface area (Å²) in [6.07, 6.45) is 2.33. The molecule has 0 aromatic rings. The van der Waals surface area contributed by atoms with Crippen LogP contribution in [0, 0.1) is 0 Å². The molecule has 0 aliphatic carbocycles. The molecule has 56 valence electrons. The fourth-order valence-electron chi connectivity index (χ4n) is 0.974. The Morgan fingerprint density at radius 3 is 3.10 bits per heavy atom. The van der Waals surface area contributed by atoms with E-state index in [9.17, 15) is 4.79 Å². The number of hydrogen-bond donors (Lipinski definition) is 2. The van der Waals surface area contributed by atoms with Gasteiger partial charge in [0.2, 0.25) is 0 Å². The van der Waals surface area contributed by atoms with Crippen LogP contribution in [0.4, 0.5) is 0 Å². The molecule has 0 bridgehead atoms. The summed E-state index contributed by atoms with van der Waals surface area (Å²) >= 11 is 0. The van der Waals surface area contributed by atoms with E-state index in [1.807, 2.05) is 0 Å². The maximum Gasteiger partial charge on any atom is 0.163 e. The van der Waals surface area contributed by atoms with Gasteiger partial charge in [-0.25, -0.2) is 0 Å². The van der Waals surface area contributed by atoms with Crippen molar-refractivity contribution in [3.8, 4) is 0 Å². The quantitative estimate of drug-likeness (QED) is 0.379. The molecule has 1 aliphatic heterocycles. The van der Waals surface area contributed by atoms with Crippen LogP contribution in [0.2, 0.25) is 0 Å². The van der Waals surface area contributed by atoms with Crippen LogP contribution in [0.3, 0.4) is 0 Å². The Hall–Kier alpha value is -0.830. The first kappa shape index (κ1) is 7.28. The van der Waals surface area contributed by atoms with Crippen LogP contribution >= 0.6 is 0 Å². The summed E-state index contributed by atoms with van der Waals surface area (Å²) in [5, 5.41) is 11.6. The van der Waals surface area contributed by atoms with Gasteiger partial charge < -0.3 is 10.4 Å². The molecule has 0 radical (unpaired) electrons. The average Bonchev–Trinajstić information content (AvgIpc) is 2.13. The summed E-state index contributed by atoms with van der Waals surface area (Å²) < 4.78 is 0. The van der Waals surface area contributed by atoms with Gasteiger partial charge in [-0.15, -0.1) is 0 Å². The highest BCUT2D eigenvalue weighted by Crippen LogP contribution is 2.04. The predicted molar refractivity (Wildman–Crippen MR) is 37.8 cm³/mol. The highest BCUT2D eigenvalue weighted by atomic mass is 16.2. The number of ketones is 1. The molecule has 3 nitrogen and oxygen atoms in total. The van der Waals surface area contributed by atoms with Crippen LogP contribution in [-0.2, 0) is 4.79 Å². The van der Waals surface area contributed by atoms with E-state index in [0.29, 0.717) is 18.5 Å². The third kappa shape index (κ3) is 1.57. The largest absolute Gasteiger partial charge is 0.515 e. The summed E-state index contributed by atoms with van der Waals surface area (Å²) in [6, 6.07) is 0. The van der Waals surface area contributed by atoms with Crippen LogP contribution in [0.25, 0.3) is 0 Å². The second-order valence-corrected chi connectivity index (χ2v) is 2.36. The summed E-state index contributed by atoms with van der Waals surface area (Å²) in [5.41, 5.74) is 0.498. The van der Waals surface area contributed by atoms with Crippen molar-refractivity contribution >= 4 is 5.78 Å². The molecule has 3 heteroatoms. The van der Waals surface area contributed by atoms with Gasteiger partial charge in [0.05, 0.1) is 6.26 Å². The first-order valence-corrected chi connectivity index (χ1v) is 3.42. The van der Waals surface area contributed by atoms with Crippen LogP contribution in [0.1, 0.15) is 12.8 Å². The van der Waals surface area contributed by atoms with Gasteiger partial charge in [-0.3, -0.25) is 4.79 Å². The Morgan fingerprint density at radius 1 is 1.60 bits per heavy atom. The van der Waals surface area contributed by atoms with Gasteiger partial charge in [-0.2, -0.15) is 0 Å². The maximum atomic E-state index is 11.0. The number of carbonyl (C=O) groups excluding carboxylic acids is 1. The minimum absolute atomic E-state index is 0.0625. The third-order valence-corrected chi connectivity index (χ3v) is 1.59. The first-order valence-electron chi connectivity index (χ1n) is 3.42. The minimum atomic E-state index is 0.0625. The number of carbonyl (C=O) groups is 1. The van der Waals surface area contributed by atoms with Gasteiger partial charge in [-0.05, 0) is 13.0 Å². The monoisotopic (exact) mass is 141 g/mol. The Balaban J connectivity index is 2.61. The SMILES string of the molecule is O=C1CCCNCC1=CO. The van der Waals surface area contributed by atoms with Crippen molar-refractivity contribution in [3.63, 3.8) is 0 Å². The molecule has 0 aromatic carbocycles. The first-order chi connectivity index (χ1) is 4.84. The lowest BCUT2D eigenvalue weighted by Gasteiger charge is -1.97. The summed E-state index contributed by atoms with van der Waals surface area (Å²) in [6.45, 7) is 1.37. The second kappa shape index (κ2) is 3.37. The van der Waals surface area contributed by atoms with Crippen LogP contribution in [-0.4, -0.2) is 24.0 Å². The zero-order chi connectivity index (χ0) is 7.40. The Morgan fingerprint density at radius 2 is 2.40 bits per heavy atom. The molecule has 0 atom stereocenters. The van der Waals surface area contributed by atoms with Gasteiger partial charge in [0.1, 0.15) is 0 Å². The van der Waals surface area contributed by atoms with Crippen molar-refractivity contribution in [1.29, 1.82) is 0 Å². The van der Waals surface area contributed by atoms with Crippen LogP contribution in [0.15, 0.2) is 11.8 Å². The number of hydrogen-bond acceptors (Lipinski definition) is 3. The van der Waals surface area contributed by atoms with Gasteiger partial charge in [-0.1, -0.05) is 0 Å². The van der Waals surface area contributed by atoms with Crippen LogP contribution < -0.4 is 5.32 Å². The summed E-state index contributed by atoms with van der Waals surface area (Å²) in [7, 11) is 0. The fourth-order valence-corrected chi connectivity index (χ4v) is 0.974. The maximum absolute atomic E-state index is 11.0. The molecule has 0 aromatic heterocycles. The average molecular weight is 141 g/mol. The Labute approximate surface area is 59.7 Å². The summed E-state index contributed by atoms with van der Waals surface area (Å²) in [5.74, 6) is 0.0625. The predicted octanol–water partition coefficient (Wildman–Crippen LogP) is 0.381. The standard InChI is InChI=1S/C7H11NO2/c9-5-6-4-8-3-1-2-7(6)10/h5,8-9H,1-4H2. The molecule has 0 spiro atoms. The Bertz CT molecular complexity index is 163. The number of Topliss-reactive ketones (excluding diaryl/α,β-unsaturated/α-hetero) is 1. The number of nitrogens with one attached hydrogen (secondary N) is 1. The van der Waals surface area contributed by atoms with E-state index in [1.54, 1.807) is 0 Å². The van der Waals surface area contributed by atoms with Gasteiger partial charge in [0.15, 0.2) is 5.78 Å². The molecule has 0 amide bonds. The number of rotatable bonds is 0. The molecule has 10 heavy (non-hydrogen) atoms. The van der Waals surface area contributed by atoms with E-state index in [0.717, 1.165) is 19.2 Å². The van der Waals surface area contributed by atoms with Crippen LogP contribution in [0.5, 0.6) is 0 Å². The van der Waals surface area contributed by atoms with Crippen molar-refractivity contribution in [2.24, 2.45) is 0 Å². The van der Waals surface area contributed by atoms with Crippen molar-refractivity contribution in [1.82, 2.24) is 5.32 Å². The van der Waals surface area contributed by atoms with Crippen molar-refractivity contribution < 1.29 is 9.90 Å². The van der Waals surface area contributed by atoms with Crippen molar-refractivity contribution in [3.05, 3.63) is 11.8 Å². The normalized spacial score (nSPS) is 24.8. The molecule has 0 unspecified atom stereocenters. The van der Waals surface area contributed by atoms with E-state index in [-0.39, 0.29) is 5.78 Å². The highest BCUT2D eigenvalue weighted by molar-refractivity contribution is 5.95. The van der Waals surface area contributed by atoms with E-state index in [1.165, 1.54) is 0 Å². The molecule has 1 heterocycles. The van der Waals surface area contributed by atoms with Gasteiger partial charge in [0.25, 0.3) is 0 Å². The molecular formula is C7H11NO2. The van der Waals surface area contributed by atoms with Crippen molar-refractivity contribution in [2.75, 3.05) is 13.1 Å². The topological polar surface area (TPSA) is 49.3 Å². The smallest absolute Gasteiger partial charge is 0.163 e. The molecule has 1 fully saturated rings. The van der Waals surface area contributed by atoms with E-state index in [2.05, 4.69) is 5.32 Å². The van der Waals surface area contributed by atoms with E-state index in [4.69, 9.17) is 5.11 Å². The minimum Gasteiger partial charge on any atom is -0.515 e. The fraction of sp³-hybridized carbons (Fsp3) is 0.571. The highest BCUT2D eigenvalue weighted by Gasteiger charge is 2.11.